The van der Waals surface area contributed by atoms with Gasteiger partial charge >= 0.3 is 0 Å². The molecule has 72 valence electrons. The van der Waals surface area contributed by atoms with E-state index in [0.717, 1.165) is 28.2 Å². The third kappa shape index (κ3) is 1.48. The molecule has 0 saturated carbocycles. The van der Waals surface area contributed by atoms with E-state index in [1.54, 1.807) is 0 Å². The molecule has 2 rings (SSSR count). The van der Waals surface area contributed by atoms with Gasteiger partial charge in [0.2, 0.25) is 0 Å². The van der Waals surface area contributed by atoms with Gasteiger partial charge in [-0.15, -0.1) is 0 Å². The Morgan fingerprint density at radius 2 is 2.00 bits per heavy atom. The molecule has 0 amide bonds. The Bertz CT molecular complexity index is 457. The zero-order chi connectivity index (χ0) is 10.1. The van der Waals surface area contributed by atoms with E-state index in [9.17, 15) is 0 Å². The summed E-state index contributed by atoms with van der Waals surface area (Å²) < 4.78 is 0. The lowest BCUT2D eigenvalue weighted by Crippen LogP contribution is -1.89. The van der Waals surface area contributed by atoms with E-state index in [4.69, 9.17) is 5.73 Å². The van der Waals surface area contributed by atoms with Crippen LogP contribution in [0.5, 0.6) is 0 Å². The minimum absolute atomic E-state index is 0.820. The first-order chi connectivity index (χ1) is 6.66. The fraction of sp³-hybridized carbons (Fsp3) is 0.182. The Morgan fingerprint density at radius 3 is 2.57 bits per heavy atom. The van der Waals surface area contributed by atoms with Crippen molar-refractivity contribution in [2.24, 2.45) is 0 Å². The summed E-state index contributed by atoms with van der Waals surface area (Å²) in [7, 11) is 0. The highest BCUT2D eigenvalue weighted by Crippen LogP contribution is 2.21. The number of hydrogen-bond acceptors (Lipinski definition) is 2. The summed E-state index contributed by atoms with van der Waals surface area (Å²) >= 11 is 0. The SMILES string of the molecule is Cc1cc(-c2ccc(N)c(C)c2)n[nH]1. The molecule has 14 heavy (non-hydrogen) atoms. The highest BCUT2D eigenvalue weighted by Gasteiger charge is 2.02. The molecule has 0 saturated heterocycles. The van der Waals surface area contributed by atoms with Gasteiger partial charge in [0.25, 0.3) is 0 Å². The van der Waals surface area contributed by atoms with Gasteiger partial charge in [0.15, 0.2) is 0 Å². The molecule has 3 heteroatoms. The topological polar surface area (TPSA) is 54.7 Å². The van der Waals surface area contributed by atoms with Crippen molar-refractivity contribution in [3.8, 4) is 11.3 Å². The fourth-order valence-corrected chi connectivity index (χ4v) is 1.40. The molecule has 0 radical (unpaired) electrons. The Balaban J connectivity index is 2.47. The average Bonchev–Trinajstić information content (AvgIpc) is 2.57. The van der Waals surface area contributed by atoms with Gasteiger partial charge in [0, 0.05) is 16.9 Å². The smallest absolute Gasteiger partial charge is 0.0923 e. The van der Waals surface area contributed by atoms with Crippen molar-refractivity contribution >= 4 is 5.69 Å². The van der Waals surface area contributed by atoms with Gasteiger partial charge in [-0.1, -0.05) is 6.07 Å². The first-order valence-corrected chi connectivity index (χ1v) is 4.55. The molecule has 0 unspecified atom stereocenters. The van der Waals surface area contributed by atoms with Gasteiger partial charge < -0.3 is 5.73 Å². The van der Waals surface area contributed by atoms with E-state index < -0.39 is 0 Å². The first kappa shape index (κ1) is 8.81. The minimum atomic E-state index is 0.820. The van der Waals surface area contributed by atoms with Crippen molar-refractivity contribution in [2.45, 2.75) is 13.8 Å². The van der Waals surface area contributed by atoms with E-state index in [0.29, 0.717) is 0 Å². The maximum Gasteiger partial charge on any atom is 0.0923 e. The van der Waals surface area contributed by atoms with Crippen LogP contribution >= 0.6 is 0 Å². The van der Waals surface area contributed by atoms with E-state index >= 15 is 0 Å². The molecule has 3 N–H and O–H groups in total. The Morgan fingerprint density at radius 1 is 1.21 bits per heavy atom. The third-order valence-corrected chi connectivity index (χ3v) is 2.27. The summed E-state index contributed by atoms with van der Waals surface area (Å²) in [6.07, 6.45) is 0. The number of nitrogens with zero attached hydrogens (tertiary/aromatic N) is 1. The number of aryl methyl sites for hydroxylation is 2. The summed E-state index contributed by atoms with van der Waals surface area (Å²) in [5.74, 6) is 0. The van der Waals surface area contributed by atoms with Gasteiger partial charge in [-0.05, 0) is 37.6 Å². The molecule has 0 aliphatic heterocycles. The number of aromatic amines is 1. The van der Waals surface area contributed by atoms with Gasteiger partial charge in [-0.2, -0.15) is 5.10 Å². The van der Waals surface area contributed by atoms with Crippen LogP contribution in [-0.2, 0) is 0 Å². The molecule has 2 aromatic rings. The van der Waals surface area contributed by atoms with Crippen LogP contribution in [0.1, 0.15) is 11.3 Å². The Kier molecular flexibility index (Phi) is 2.00. The molecule has 3 nitrogen and oxygen atoms in total. The van der Waals surface area contributed by atoms with E-state index in [1.165, 1.54) is 0 Å². The normalized spacial score (nSPS) is 10.4. The van der Waals surface area contributed by atoms with Crippen molar-refractivity contribution in [1.29, 1.82) is 0 Å². The molecule has 0 aliphatic rings. The fourth-order valence-electron chi connectivity index (χ4n) is 1.40. The van der Waals surface area contributed by atoms with Gasteiger partial charge in [0.1, 0.15) is 0 Å². The van der Waals surface area contributed by atoms with E-state index in [2.05, 4.69) is 10.2 Å². The number of rotatable bonds is 1. The maximum atomic E-state index is 5.74. The monoisotopic (exact) mass is 187 g/mol. The number of H-pyrrole nitrogens is 1. The number of nitrogens with one attached hydrogen (secondary N) is 1. The van der Waals surface area contributed by atoms with Crippen molar-refractivity contribution in [3.05, 3.63) is 35.5 Å². The summed E-state index contributed by atoms with van der Waals surface area (Å²) in [5.41, 5.74) is 10.8. The van der Waals surface area contributed by atoms with Crippen molar-refractivity contribution < 1.29 is 0 Å². The predicted molar refractivity (Wildman–Crippen MR) is 57.9 cm³/mol. The van der Waals surface area contributed by atoms with Crippen LogP contribution in [0.25, 0.3) is 11.3 Å². The Labute approximate surface area is 83.0 Å². The summed E-state index contributed by atoms with van der Waals surface area (Å²) in [6, 6.07) is 7.96. The average molecular weight is 187 g/mol. The second kappa shape index (κ2) is 3.18. The molecule has 0 bridgehead atoms. The number of hydrogen-bond donors (Lipinski definition) is 2. The van der Waals surface area contributed by atoms with Crippen LogP contribution in [-0.4, -0.2) is 10.2 Å². The molecule has 0 spiro atoms. The number of nitrogens with two attached hydrogens (primary N) is 1. The number of anilines is 1. The molecule has 1 aromatic carbocycles. The largest absolute Gasteiger partial charge is 0.399 e. The number of aromatic nitrogens is 2. The van der Waals surface area contributed by atoms with Crippen molar-refractivity contribution in [2.75, 3.05) is 5.73 Å². The summed E-state index contributed by atoms with van der Waals surface area (Å²) in [6.45, 7) is 3.99. The van der Waals surface area contributed by atoms with Gasteiger partial charge in [0.05, 0.1) is 5.69 Å². The second-order valence-electron chi connectivity index (χ2n) is 3.51. The van der Waals surface area contributed by atoms with Gasteiger partial charge in [-0.3, -0.25) is 5.10 Å². The lowest BCUT2D eigenvalue weighted by Gasteiger charge is -2.01. The standard InChI is InChI=1S/C11H13N3/c1-7-5-9(3-4-10(7)12)11-6-8(2)13-14-11/h3-6H,12H2,1-2H3,(H,13,14). The van der Waals surface area contributed by atoms with E-state index in [1.807, 2.05) is 38.1 Å². The highest BCUT2D eigenvalue weighted by molar-refractivity contribution is 5.64. The molecule has 0 fully saturated rings. The molecule has 1 heterocycles. The number of nitrogen functional groups attached to an aromatic ring is 1. The molecular weight excluding hydrogens is 174 g/mol. The predicted octanol–water partition coefficient (Wildman–Crippen LogP) is 2.28. The molecular formula is C11H13N3. The van der Waals surface area contributed by atoms with Crippen LogP contribution in [0.3, 0.4) is 0 Å². The zero-order valence-electron chi connectivity index (χ0n) is 8.33. The van der Waals surface area contributed by atoms with Crippen LogP contribution in [0.2, 0.25) is 0 Å². The van der Waals surface area contributed by atoms with Crippen LogP contribution in [0.15, 0.2) is 24.3 Å². The van der Waals surface area contributed by atoms with Crippen LogP contribution < -0.4 is 5.73 Å². The highest BCUT2D eigenvalue weighted by atomic mass is 15.1. The molecule has 1 aromatic heterocycles. The van der Waals surface area contributed by atoms with Crippen molar-refractivity contribution in [3.63, 3.8) is 0 Å². The quantitative estimate of drug-likeness (QED) is 0.673. The number of benzene rings is 1. The maximum absolute atomic E-state index is 5.74. The summed E-state index contributed by atoms with van der Waals surface area (Å²) in [5, 5.41) is 7.11. The van der Waals surface area contributed by atoms with Crippen LogP contribution in [0.4, 0.5) is 5.69 Å². The van der Waals surface area contributed by atoms with Crippen molar-refractivity contribution in [1.82, 2.24) is 10.2 Å². The van der Waals surface area contributed by atoms with Gasteiger partial charge in [-0.25, -0.2) is 0 Å². The Hall–Kier alpha value is -1.77. The zero-order valence-corrected chi connectivity index (χ0v) is 8.33. The lowest BCUT2D eigenvalue weighted by atomic mass is 10.1. The summed E-state index contributed by atoms with van der Waals surface area (Å²) in [4.78, 5) is 0. The molecule has 0 atom stereocenters. The second-order valence-corrected chi connectivity index (χ2v) is 3.51. The molecule has 0 aliphatic carbocycles. The first-order valence-electron chi connectivity index (χ1n) is 4.55. The third-order valence-electron chi connectivity index (χ3n) is 2.27. The lowest BCUT2D eigenvalue weighted by molar-refractivity contribution is 1.05. The van der Waals surface area contributed by atoms with E-state index in [-0.39, 0.29) is 0 Å². The minimum Gasteiger partial charge on any atom is -0.399 e. The van der Waals surface area contributed by atoms with Crippen LogP contribution in [0, 0.1) is 13.8 Å².